The number of nitrogens with two attached hydrogens (primary N) is 1. The highest BCUT2D eigenvalue weighted by Crippen LogP contribution is 2.43. The predicted octanol–water partition coefficient (Wildman–Crippen LogP) is 3.72. The van der Waals surface area contributed by atoms with Crippen LogP contribution in [-0.4, -0.2) is 11.8 Å². The number of nitriles is 1. The van der Waals surface area contributed by atoms with Gasteiger partial charge in [0.15, 0.2) is 5.78 Å². The zero-order chi connectivity index (χ0) is 20.4. The molecule has 6 heteroatoms. The highest BCUT2D eigenvalue weighted by molar-refractivity contribution is 5.99. The Kier molecular flexibility index (Phi) is 4.88. The number of ether oxygens (including phenoxy) is 2. The lowest BCUT2D eigenvalue weighted by molar-refractivity contribution is -0.116. The molecule has 2 aromatic rings. The molecule has 2 aromatic carbocycles. The minimum atomic E-state index is -0.574. The molecule has 0 radical (unpaired) electrons. The molecule has 1 aliphatic carbocycles. The smallest absolute Gasteiger partial charge is 0.343 e. The molecular formula is C23H18N2O4. The summed E-state index contributed by atoms with van der Waals surface area (Å²) in [6.07, 6.45) is 1.74. The van der Waals surface area contributed by atoms with E-state index in [9.17, 15) is 14.9 Å². The first-order valence-corrected chi connectivity index (χ1v) is 9.29. The van der Waals surface area contributed by atoms with Crippen LogP contribution in [0.3, 0.4) is 0 Å². The van der Waals surface area contributed by atoms with Crippen LogP contribution in [0.15, 0.2) is 77.4 Å². The van der Waals surface area contributed by atoms with E-state index in [0.29, 0.717) is 41.9 Å². The predicted molar refractivity (Wildman–Crippen MR) is 104 cm³/mol. The van der Waals surface area contributed by atoms with E-state index in [1.807, 2.05) is 6.07 Å². The maximum Gasteiger partial charge on any atom is 0.343 e. The molecule has 0 saturated heterocycles. The Balaban J connectivity index is 1.64. The summed E-state index contributed by atoms with van der Waals surface area (Å²) in [6, 6.07) is 17.5. The summed E-state index contributed by atoms with van der Waals surface area (Å²) in [5.41, 5.74) is 7.83. The number of rotatable bonds is 3. The van der Waals surface area contributed by atoms with Gasteiger partial charge in [0.1, 0.15) is 23.2 Å². The summed E-state index contributed by atoms with van der Waals surface area (Å²) in [5.74, 6) is -0.118. The number of hydrogen-bond acceptors (Lipinski definition) is 6. The van der Waals surface area contributed by atoms with Gasteiger partial charge >= 0.3 is 5.97 Å². The van der Waals surface area contributed by atoms with Crippen molar-refractivity contribution < 1.29 is 19.1 Å². The first-order valence-electron chi connectivity index (χ1n) is 9.29. The van der Waals surface area contributed by atoms with Crippen molar-refractivity contribution >= 4 is 11.8 Å². The molecule has 29 heavy (non-hydrogen) atoms. The molecule has 0 fully saturated rings. The standard InChI is InChI=1S/C23H18N2O4/c24-13-17-20(21-18(26)7-4-8-19(21)29-22(17)25)14-9-11-16(12-10-14)28-23(27)15-5-2-1-3-6-15/h1-3,5-6,9-12,20H,4,7-8,25H2/t20-/m0/s1. The largest absolute Gasteiger partial charge is 0.444 e. The second-order valence-electron chi connectivity index (χ2n) is 6.86. The molecule has 144 valence electrons. The normalized spacial score (nSPS) is 18.6. The Morgan fingerprint density at radius 1 is 1.10 bits per heavy atom. The van der Waals surface area contributed by atoms with Crippen LogP contribution in [-0.2, 0) is 9.53 Å². The Morgan fingerprint density at radius 2 is 1.83 bits per heavy atom. The van der Waals surface area contributed by atoms with Gasteiger partial charge in [-0.1, -0.05) is 30.3 Å². The van der Waals surface area contributed by atoms with Gasteiger partial charge in [-0.2, -0.15) is 5.26 Å². The monoisotopic (exact) mass is 386 g/mol. The van der Waals surface area contributed by atoms with Gasteiger partial charge in [-0.25, -0.2) is 4.79 Å². The van der Waals surface area contributed by atoms with E-state index in [1.165, 1.54) is 0 Å². The minimum Gasteiger partial charge on any atom is -0.444 e. The zero-order valence-electron chi connectivity index (χ0n) is 15.6. The van der Waals surface area contributed by atoms with Gasteiger partial charge < -0.3 is 15.2 Å². The molecular weight excluding hydrogens is 368 g/mol. The number of hydrogen-bond donors (Lipinski definition) is 1. The Hall–Kier alpha value is -3.85. The Bertz CT molecular complexity index is 1080. The molecule has 2 aliphatic rings. The van der Waals surface area contributed by atoms with Gasteiger partial charge in [0.25, 0.3) is 0 Å². The zero-order valence-corrected chi connectivity index (χ0v) is 15.6. The van der Waals surface area contributed by atoms with E-state index in [-0.39, 0.29) is 17.2 Å². The second-order valence-corrected chi connectivity index (χ2v) is 6.86. The van der Waals surface area contributed by atoms with Crippen molar-refractivity contribution in [1.29, 1.82) is 5.26 Å². The van der Waals surface area contributed by atoms with Crippen LogP contribution < -0.4 is 10.5 Å². The van der Waals surface area contributed by atoms with E-state index in [0.717, 1.165) is 5.56 Å². The molecule has 1 atom stereocenters. The fourth-order valence-electron chi connectivity index (χ4n) is 3.66. The van der Waals surface area contributed by atoms with Crippen molar-refractivity contribution in [1.82, 2.24) is 0 Å². The van der Waals surface area contributed by atoms with Gasteiger partial charge in [0.05, 0.1) is 11.5 Å². The van der Waals surface area contributed by atoms with Crippen LogP contribution in [0.1, 0.15) is 41.1 Å². The number of nitrogens with zero attached hydrogens (tertiary/aromatic N) is 1. The maximum absolute atomic E-state index is 12.6. The summed E-state index contributed by atoms with van der Waals surface area (Å²) in [5, 5.41) is 9.60. The highest BCUT2D eigenvalue weighted by atomic mass is 16.5. The molecule has 0 amide bonds. The van der Waals surface area contributed by atoms with Crippen LogP contribution in [0.25, 0.3) is 0 Å². The molecule has 1 heterocycles. The van der Waals surface area contributed by atoms with Crippen LogP contribution in [0.2, 0.25) is 0 Å². The highest BCUT2D eigenvalue weighted by Gasteiger charge is 2.37. The Morgan fingerprint density at radius 3 is 2.52 bits per heavy atom. The maximum atomic E-state index is 12.6. The third-order valence-electron chi connectivity index (χ3n) is 5.04. The van der Waals surface area contributed by atoms with E-state index < -0.39 is 11.9 Å². The number of esters is 1. The first kappa shape index (κ1) is 18.5. The van der Waals surface area contributed by atoms with Crippen molar-refractivity contribution in [3.63, 3.8) is 0 Å². The minimum absolute atomic E-state index is 0.0314. The van der Waals surface area contributed by atoms with Gasteiger partial charge in [0, 0.05) is 18.4 Å². The van der Waals surface area contributed by atoms with Crippen LogP contribution in [0, 0.1) is 11.3 Å². The van der Waals surface area contributed by atoms with Gasteiger partial charge in [0.2, 0.25) is 5.88 Å². The quantitative estimate of drug-likeness (QED) is 0.637. The number of benzene rings is 2. The molecule has 0 saturated carbocycles. The molecule has 0 spiro atoms. The average molecular weight is 386 g/mol. The molecule has 4 rings (SSSR count). The summed E-state index contributed by atoms with van der Waals surface area (Å²) in [4.78, 5) is 24.8. The van der Waals surface area contributed by atoms with E-state index in [1.54, 1.807) is 48.5 Å². The summed E-state index contributed by atoms with van der Waals surface area (Å²) >= 11 is 0. The van der Waals surface area contributed by atoms with Gasteiger partial charge in [-0.05, 0) is 36.2 Å². The number of allylic oxidation sites excluding steroid dienone is 3. The lowest BCUT2D eigenvalue weighted by Gasteiger charge is -2.31. The third-order valence-corrected chi connectivity index (χ3v) is 5.04. The van der Waals surface area contributed by atoms with Crippen LogP contribution >= 0.6 is 0 Å². The summed E-state index contributed by atoms with van der Waals surface area (Å²) in [7, 11) is 0. The van der Waals surface area contributed by atoms with Gasteiger partial charge in [-0.15, -0.1) is 0 Å². The van der Waals surface area contributed by atoms with Crippen molar-refractivity contribution in [3.8, 4) is 11.8 Å². The second kappa shape index (κ2) is 7.64. The average Bonchev–Trinajstić information content (AvgIpc) is 2.74. The molecule has 1 aliphatic heterocycles. The summed E-state index contributed by atoms with van der Waals surface area (Å²) in [6.45, 7) is 0. The molecule has 6 nitrogen and oxygen atoms in total. The first-order chi connectivity index (χ1) is 14.1. The van der Waals surface area contributed by atoms with E-state index >= 15 is 0 Å². The Labute approximate surface area is 167 Å². The van der Waals surface area contributed by atoms with Gasteiger partial charge in [-0.3, -0.25) is 4.79 Å². The van der Waals surface area contributed by atoms with Crippen molar-refractivity contribution in [2.45, 2.75) is 25.2 Å². The van der Waals surface area contributed by atoms with E-state index in [2.05, 4.69) is 6.07 Å². The molecule has 0 aromatic heterocycles. The van der Waals surface area contributed by atoms with E-state index in [4.69, 9.17) is 15.2 Å². The van der Waals surface area contributed by atoms with Crippen LogP contribution in [0.5, 0.6) is 5.75 Å². The molecule has 0 bridgehead atoms. The lowest BCUT2D eigenvalue weighted by atomic mass is 9.77. The number of carbonyl (C=O) groups is 2. The molecule has 2 N–H and O–H groups in total. The van der Waals surface area contributed by atoms with Crippen molar-refractivity contribution in [2.75, 3.05) is 0 Å². The fourth-order valence-corrected chi connectivity index (χ4v) is 3.66. The number of ketones is 1. The topological polar surface area (TPSA) is 102 Å². The van der Waals surface area contributed by atoms with Crippen molar-refractivity contribution in [3.05, 3.63) is 88.5 Å². The SMILES string of the molecule is N#CC1=C(N)OC2=C(C(=O)CCC2)[C@H]1c1ccc(OC(=O)c2ccccc2)cc1. The third kappa shape index (κ3) is 3.50. The summed E-state index contributed by atoms with van der Waals surface area (Å²) < 4.78 is 11.0. The fraction of sp³-hybridized carbons (Fsp3) is 0.174. The van der Waals surface area contributed by atoms with Crippen LogP contribution in [0.4, 0.5) is 0 Å². The number of Topliss-reactive ketones (excluding diaryl/α,β-unsaturated/α-hetero) is 1. The van der Waals surface area contributed by atoms with Crippen molar-refractivity contribution in [2.24, 2.45) is 5.73 Å². The molecule has 0 unspecified atom stereocenters. The lowest BCUT2D eigenvalue weighted by Crippen LogP contribution is -2.27. The number of carbonyl (C=O) groups excluding carboxylic acids is 2.